The number of aromatic amines is 2. The van der Waals surface area contributed by atoms with E-state index < -0.39 is 0 Å². The smallest absolute Gasteiger partial charge is 0.176 e. The molecule has 4 N–H and O–H groups in total. The molecule has 11 heteroatoms. The van der Waals surface area contributed by atoms with E-state index in [0.29, 0.717) is 28.6 Å². The minimum absolute atomic E-state index is 0.167. The van der Waals surface area contributed by atoms with Crippen molar-refractivity contribution in [2.75, 3.05) is 18.0 Å². The van der Waals surface area contributed by atoms with Gasteiger partial charge in [-0.25, -0.2) is 9.97 Å². The van der Waals surface area contributed by atoms with Crippen LogP contribution in [0.25, 0.3) is 39.4 Å². The third kappa shape index (κ3) is 3.88. The fourth-order valence-corrected chi connectivity index (χ4v) is 5.01. The quantitative estimate of drug-likeness (QED) is 0.301. The highest BCUT2D eigenvalue weighted by Crippen LogP contribution is 2.33. The van der Waals surface area contributed by atoms with Gasteiger partial charge in [-0.05, 0) is 25.1 Å². The maximum Gasteiger partial charge on any atom is 0.176 e. The maximum atomic E-state index is 13.7. The van der Waals surface area contributed by atoms with E-state index in [1.807, 2.05) is 19.1 Å². The summed E-state index contributed by atoms with van der Waals surface area (Å²) in [6.45, 7) is 7.26. The van der Waals surface area contributed by atoms with Gasteiger partial charge in [-0.1, -0.05) is 18.7 Å². The molecule has 1 aliphatic heterocycles. The number of halogens is 1. The molecular formula is C25H22FN9S. The number of H-pyrrole nitrogens is 2. The van der Waals surface area contributed by atoms with E-state index in [1.165, 1.54) is 6.07 Å². The molecule has 5 aromatic heterocycles. The molecule has 0 bridgehead atoms. The van der Waals surface area contributed by atoms with E-state index in [2.05, 4.69) is 36.6 Å². The van der Waals surface area contributed by atoms with Crippen LogP contribution in [-0.4, -0.2) is 54.2 Å². The van der Waals surface area contributed by atoms with E-state index in [1.54, 1.807) is 30.7 Å². The molecule has 36 heavy (non-hydrogen) atoms. The van der Waals surface area contributed by atoms with Gasteiger partial charge in [0.05, 0.1) is 35.5 Å². The Morgan fingerprint density at radius 1 is 1.22 bits per heavy atom. The van der Waals surface area contributed by atoms with E-state index in [4.69, 9.17) is 15.7 Å². The first-order valence-electron chi connectivity index (χ1n) is 11.3. The number of fused-ring (bicyclic) bond motifs is 1. The summed E-state index contributed by atoms with van der Waals surface area (Å²) in [4.78, 5) is 24.7. The minimum atomic E-state index is -0.254. The number of nitrogens with zero attached hydrogens (tertiary/aromatic N) is 6. The predicted octanol–water partition coefficient (Wildman–Crippen LogP) is 4.08. The van der Waals surface area contributed by atoms with Gasteiger partial charge in [0.2, 0.25) is 0 Å². The molecule has 180 valence electrons. The highest BCUT2D eigenvalue weighted by molar-refractivity contribution is 7.11. The van der Waals surface area contributed by atoms with Crippen LogP contribution in [0.1, 0.15) is 16.3 Å². The summed E-state index contributed by atoms with van der Waals surface area (Å²) in [5, 5.41) is 8.12. The number of allylic oxidation sites excluding steroid dienone is 2. The van der Waals surface area contributed by atoms with Gasteiger partial charge in [0, 0.05) is 40.7 Å². The molecule has 6 heterocycles. The summed E-state index contributed by atoms with van der Waals surface area (Å²) >= 11 is 1.07. The Labute approximate surface area is 209 Å². The average Bonchev–Trinajstić information content (AvgIpc) is 3.58. The molecule has 0 aliphatic carbocycles. The molecule has 5 aromatic rings. The van der Waals surface area contributed by atoms with Crippen molar-refractivity contribution in [3.63, 3.8) is 0 Å². The Morgan fingerprint density at radius 2 is 2.08 bits per heavy atom. The lowest BCUT2D eigenvalue weighted by atomic mass is 10.1. The van der Waals surface area contributed by atoms with Crippen molar-refractivity contribution in [2.45, 2.75) is 13.0 Å². The first-order valence-corrected chi connectivity index (χ1v) is 12.1. The number of aryl methyl sites for hydroxylation is 1. The van der Waals surface area contributed by atoms with Crippen LogP contribution in [0.2, 0.25) is 0 Å². The number of aromatic nitrogens is 7. The Morgan fingerprint density at radius 3 is 2.83 bits per heavy atom. The van der Waals surface area contributed by atoms with Crippen LogP contribution in [-0.2, 0) is 0 Å². The zero-order chi connectivity index (χ0) is 24.8. The highest BCUT2D eigenvalue weighted by Gasteiger charge is 2.25. The fraction of sp³-hybridized carbons (Fsp3) is 0.160. The van der Waals surface area contributed by atoms with E-state index >= 15 is 0 Å². The average molecular weight is 500 g/mol. The number of imidazole rings is 1. The van der Waals surface area contributed by atoms with E-state index in [0.717, 1.165) is 57.3 Å². The van der Waals surface area contributed by atoms with E-state index in [9.17, 15) is 4.39 Å². The van der Waals surface area contributed by atoms with Gasteiger partial charge >= 0.3 is 0 Å². The second-order valence-corrected chi connectivity index (χ2v) is 9.63. The number of hydrogen-bond acceptors (Lipinski definition) is 8. The molecule has 1 saturated heterocycles. The Bertz CT molecular complexity index is 1620. The Hall–Kier alpha value is -4.22. The van der Waals surface area contributed by atoms with Crippen molar-refractivity contribution in [3.05, 3.63) is 76.9 Å². The predicted molar refractivity (Wildman–Crippen MR) is 139 cm³/mol. The number of anilines is 1. The van der Waals surface area contributed by atoms with Crippen molar-refractivity contribution in [1.82, 2.24) is 35.1 Å². The first-order chi connectivity index (χ1) is 17.5. The summed E-state index contributed by atoms with van der Waals surface area (Å²) in [6, 6.07) is 5.29. The molecule has 1 fully saturated rings. The first kappa shape index (κ1) is 22.3. The van der Waals surface area contributed by atoms with Gasteiger partial charge in [-0.3, -0.25) is 15.1 Å². The van der Waals surface area contributed by atoms with Crippen LogP contribution in [0, 0.1) is 12.1 Å². The molecule has 6 rings (SSSR count). The maximum absolute atomic E-state index is 13.7. The van der Waals surface area contributed by atoms with Gasteiger partial charge in [-0.15, -0.1) is 11.3 Å². The van der Waals surface area contributed by atoms with Crippen molar-refractivity contribution >= 4 is 33.6 Å². The summed E-state index contributed by atoms with van der Waals surface area (Å²) < 4.78 is 13.7. The molecule has 0 saturated carbocycles. The topological polar surface area (TPSA) is 125 Å². The lowest BCUT2D eigenvalue weighted by molar-refractivity contribution is 0.514. The molecule has 9 nitrogen and oxygen atoms in total. The molecule has 0 spiro atoms. The zero-order valence-electron chi connectivity index (χ0n) is 19.4. The molecule has 0 atom stereocenters. The van der Waals surface area contributed by atoms with Gasteiger partial charge in [0.1, 0.15) is 17.2 Å². The SMILES string of the molecule is C=C/C=C(/c1ccc(F)s1)c1nc(-c2n[nH]c3cnc(-c4cncc(N5CC(N)C5)n4)cc23)[nH]c1C. The summed E-state index contributed by atoms with van der Waals surface area (Å²) in [5.74, 6) is 1.37. The summed E-state index contributed by atoms with van der Waals surface area (Å²) in [5.41, 5.74) is 11.0. The van der Waals surface area contributed by atoms with Crippen LogP contribution in [0.4, 0.5) is 10.2 Å². The molecule has 1 aliphatic rings. The van der Waals surface area contributed by atoms with Crippen LogP contribution in [0.15, 0.2) is 55.5 Å². The number of hydrogen-bond donors (Lipinski definition) is 3. The van der Waals surface area contributed by atoms with E-state index in [-0.39, 0.29) is 11.2 Å². The van der Waals surface area contributed by atoms with Crippen LogP contribution < -0.4 is 10.6 Å². The highest BCUT2D eigenvalue weighted by atomic mass is 32.1. The lowest BCUT2D eigenvalue weighted by Gasteiger charge is -2.37. The van der Waals surface area contributed by atoms with Crippen LogP contribution in [0.5, 0.6) is 0 Å². The van der Waals surface area contributed by atoms with Gasteiger partial charge in [0.15, 0.2) is 11.0 Å². The monoisotopic (exact) mass is 499 g/mol. The van der Waals surface area contributed by atoms with Crippen molar-refractivity contribution in [3.8, 4) is 22.9 Å². The minimum Gasteiger partial charge on any atom is -0.352 e. The van der Waals surface area contributed by atoms with Crippen molar-refractivity contribution in [1.29, 1.82) is 0 Å². The Kier molecular flexibility index (Phi) is 5.42. The largest absolute Gasteiger partial charge is 0.352 e. The standard InChI is InChI=1S/C25H22FN9S/c1-3-4-15(20-5-6-21(26)36-20)23-13(2)30-25(32-23)24-16-7-17(29-9-18(16)33-34-24)19-8-28-10-22(31-19)35-11-14(27)12-35/h3-10,14H,1,11-12,27H2,2H3,(H,30,32)(H,33,34)/b15-4-. The van der Waals surface area contributed by atoms with Gasteiger partial charge in [0.25, 0.3) is 0 Å². The van der Waals surface area contributed by atoms with Gasteiger partial charge in [-0.2, -0.15) is 9.49 Å². The van der Waals surface area contributed by atoms with Crippen molar-refractivity contribution < 1.29 is 4.39 Å². The summed E-state index contributed by atoms with van der Waals surface area (Å²) in [6.07, 6.45) is 8.66. The normalized spacial score (nSPS) is 14.4. The second kappa shape index (κ2) is 8.77. The van der Waals surface area contributed by atoms with Crippen LogP contribution >= 0.6 is 11.3 Å². The molecule has 0 unspecified atom stereocenters. The number of nitrogens with one attached hydrogen (secondary N) is 2. The molecule has 0 aromatic carbocycles. The molecule has 0 amide bonds. The third-order valence-electron chi connectivity index (χ3n) is 6.05. The third-order valence-corrected chi connectivity index (χ3v) is 6.96. The van der Waals surface area contributed by atoms with Crippen molar-refractivity contribution in [2.24, 2.45) is 5.73 Å². The fourth-order valence-electron chi connectivity index (χ4n) is 4.26. The Balaban J connectivity index is 1.39. The number of nitrogens with two attached hydrogens (primary N) is 1. The summed E-state index contributed by atoms with van der Waals surface area (Å²) in [7, 11) is 0. The number of thiophene rings is 1. The lowest BCUT2D eigenvalue weighted by Crippen LogP contribution is -2.56. The second-order valence-electron chi connectivity index (χ2n) is 8.59. The number of pyridine rings is 1. The molecule has 0 radical (unpaired) electrons. The van der Waals surface area contributed by atoms with Gasteiger partial charge < -0.3 is 15.6 Å². The molecular weight excluding hydrogens is 477 g/mol. The number of rotatable bonds is 6. The van der Waals surface area contributed by atoms with Crippen LogP contribution in [0.3, 0.4) is 0 Å². The zero-order valence-corrected chi connectivity index (χ0v) is 20.2.